The van der Waals surface area contributed by atoms with Crippen molar-refractivity contribution in [2.24, 2.45) is 17.1 Å². The fourth-order valence-electron chi connectivity index (χ4n) is 6.07. The zero-order valence-electron chi connectivity index (χ0n) is 26.1. The Balaban J connectivity index is 0.000000780. The average molecular weight is 607 g/mol. The van der Waals surface area contributed by atoms with Gasteiger partial charge in [0.15, 0.2) is 0 Å². The molecule has 1 aromatic rings. The Bertz CT molecular complexity index is 1100. The van der Waals surface area contributed by atoms with E-state index in [1.54, 1.807) is 0 Å². The number of carbonyl (C=O) groups is 2. The minimum absolute atomic E-state index is 0.102. The number of halogens is 3. The van der Waals surface area contributed by atoms with Gasteiger partial charge in [0.2, 0.25) is 5.91 Å². The Morgan fingerprint density at radius 2 is 1.67 bits per heavy atom. The van der Waals surface area contributed by atoms with Gasteiger partial charge in [-0.25, -0.2) is 0 Å². The molecular weight excluding hydrogens is 557 g/mol. The van der Waals surface area contributed by atoms with E-state index >= 15 is 0 Å². The average Bonchev–Trinajstić information content (AvgIpc) is 3.40. The Hall–Kier alpha value is -2.85. The van der Waals surface area contributed by atoms with Crippen LogP contribution in [0.1, 0.15) is 88.6 Å². The second-order valence-electron chi connectivity index (χ2n) is 11.9. The van der Waals surface area contributed by atoms with Crippen molar-refractivity contribution >= 4 is 17.4 Å². The molecule has 0 bridgehead atoms. The van der Waals surface area contributed by atoms with Crippen molar-refractivity contribution < 1.29 is 27.5 Å². The lowest BCUT2D eigenvalue weighted by Gasteiger charge is -2.47. The van der Waals surface area contributed by atoms with Crippen molar-refractivity contribution in [2.45, 2.75) is 91.1 Å². The van der Waals surface area contributed by atoms with E-state index in [0.717, 1.165) is 48.9 Å². The lowest BCUT2D eigenvalue weighted by molar-refractivity contribution is -0.256. The summed E-state index contributed by atoms with van der Waals surface area (Å²) in [5.74, 6) is 0.133. The molecule has 3 heterocycles. The fourth-order valence-corrected chi connectivity index (χ4v) is 6.07. The molecule has 2 atom stereocenters. The molecule has 43 heavy (non-hydrogen) atoms. The molecule has 2 amide bonds. The van der Waals surface area contributed by atoms with Crippen molar-refractivity contribution in [3.8, 4) is 0 Å². The van der Waals surface area contributed by atoms with Crippen LogP contribution in [0, 0.1) is 11.3 Å². The van der Waals surface area contributed by atoms with Crippen LogP contribution >= 0.6 is 0 Å². The van der Waals surface area contributed by atoms with Crippen LogP contribution in [0.5, 0.6) is 0 Å². The van der Waals surface area contributed by atoms with Gasteiger partial charge in [-0.15, -0.1) is 0 Å². The lowest BCUT2D eigenvalue weighted by Crippen LogP contribution is -2.53. The number of piperidine rings is 1. The smallest absolute Gasteiger partial charge is 0.370 e. The van der Waals surface area contributed by atoms with Crippen LogP contribution in [-0.2, 0) is 9.53 Å². The van der Waals surface area contributed by atoms with E-state index < -0.39 is 11.6 Å². The van der Waals surface area contributed by atoms with Crippen LogP contribution in [0.25, 0.3) is 5.57 Å². The van der Waals surface area contributed by atoms with Gasteiger partial charge in [-0.3, -0.25) is 9.59 Å². The summed E-state index contributed by atoms with van der Waals surface area (Å²) >= 11 is 0. The summed E-state index contributed by atoms with van der Waals surface area (Å²) in [7, 11) is 0. The van der Waals surface area contributed by atoms with E-state index in [1.165, 1.54) is 6.92 Å². The number of dihydropyridines is 1. The molecule has 7 nitrogen and oxygen atoms in total. The number of primary amides is 1. The molecule has 0 spiro atoms. The van der Waals surface area contributed by atoms with E-state index in [4.69, 9.17) is 4.74 Å². The number of carbonyl (C=O) groups excluding carboxylic acids is 2. The highest BCUT2D eigenvalue weighted by Gasteiger charge is 2.58. The molecule has 3 N–H and O–H groups in total. The maximum atomic E-state index is 13.5. The van der Waals surface area contributed by atoms with Crippen molar-refractivity contribution in [1.29, 1.82) is 0 Å². The number of ether oxygens (including phenoxy) is 1. The summed E-state index contributed by atoms with van der Waals surface area (Å²) in [6.45, 7) is 10.4. The first-order valence-electron chi connectivity index (χ1n) is 15.7. The third-order valence-corrected chi connectivity index (χ3v) is 8.79. The quantitative estimate of drug-likeness (QED) is 0.391. The first kappa shape index (κ1) is 34.6. The Labute approximate surface area is 254 Å². The number of likely N-dealkylation sites (tertiary alicyclic amines) is 2. The molecule has 4 aliphatic rings. The molecule has 1 saturated carbocycles. The van der Waals surface area contributed by atoms with Gasteiger partial charge in [0.25, 0.3) is 5.91 Å². The number of alkyl halides is 3. The maximum Gasteiger partial charge on any atom is 0.395 e. The van der Waals surface area contributed by atoms with Gasteiger partial charge >= 0.3 is 6.18 Å². The normalized spacial score (nSPS) is 23.5. The van der Waals surface area contributed by atoms with Crippen molar-refractivity contribution in [1.82, 2.24) is 15.1 Å². The highest BCUT2D eigenvalue weighted by atomic mass is 19.4. The Morgan fingerprint density at radius 1 is 1.05 bits per heavy atom. The number of hydrogen-bond acceptors (Lipinski definition) is 5. The zero-order chi connectivity index (χ0) is 31.6. The van der Waals surface area contributed by atoms with Gasteiger partial charge in [0.1, 0.15) is 6.23 Å². The van der Waals surface area contributed by atoms with Crippen LogP contribution in [0.4, 0.5) is 13.2 Å². The maximum absolute atomic E-state index is 13.5. The molecule has 3 fully saturated rings. The molecule has 2 unspecified atom stereocenters. The van der Waals surface area contributed by atoms with E-state index in [1.807, 2.05) is 66.3 Å². The highest BCUT2D eigenvalue weighted by molar-refractivity contribution is 5.95. The largest absolute Gasteiger partial charge is 0.395 e. The number of benzene rings is 1. The molecule has 3 aliphatic heterocycles. The van der Waals surface area contributed by atoms with Crippen molar-refractivity contribution in [3.05, 3.63) is 53.7 Å². The third-order valence-electron chi connectivity index (χ3n) is 8.79. The topological polar surface area (TPSA) is 87.9 Å². The van der Waals surface area contributed by atoms with Gasteiger partial charge in [-0.05, 0) is 93.8 Å². The molecule has 240 valence electrons. The molecule has 10 heteroatoms. The standard InChI is InChI=1S/C29H38F3N3O2.C2H5NO.C2H6/c1-21-4-2-15-35(21)27(36)24-7-5-23(6-8-24)25-9-10-26(33-18-25)37-19-22-11-16-34(17-12-22)20-28(13-3-14-28)29(30,31)32;1-2(3)4;1-2/h5-10,18,21-22,26,33H,2-4,11-17,19-20H2,1H3;1H3,(H2,3,4);1-2H3. The van der Waals surface area contributed by atoms with Gasteiger partial charge < -0.3 is 25.6 Å². The number of allylic oxidation sites excluding steroid dienone is 2. The summed E-state index contributed by atoms with van der Waals surface area (Å²) in [6.07, 6.45) is 6.73. The summed E-state index contributed by atoms with van der Waals surface area (Å²) in [6, 6.07) is 8.06. The van der Waals surface area contributed by atoms with Gasteiger partial charge in [0.05, 0.1) is 12.0 Å². The predicted octanol–water partition coefficient (Wildman–Crippen LogP) is 6.12. The number of nitrogens with two attached hydrogens (primary N) is 1. The van der Waals surface area contributed by atoms with E-state index in [0.29, 0.717) is 38.1 Å². The van der Waals surface area contributed by atoms with Crippen LogP contribution < -0.4 is 11.1 Å². The van der Waals surface area contributed by atoms with Gasteiger partial charge in [-0.1, -0.05) is 38.5 Å². The summed E-state index contributed by atoms with van der Waals surface area (Å²) in [5, 5.41) is 3.29. The van der Waals surface area contributed by atoms with Crippen LogP contribution in [0.2, 0.25) is 0 Å². The summed E-state index contributed by atoms with van der Waals surface area (Å²) < 4.78 is 46.5. The predicted molar refractivity (Wildman–Crippen MR) is 164 cm³/mol. The molecular formula is C33H49F3N4O3. The molecule has 1 aromatic carbocycles. The van der Waals surface area contributed by atoms with Crippen LogP contribution in [0.3, 0.4) is 0 Å². The minimum atomic E-state index is -4.09. The van der Waals surface area contributed by atoms with Crippen LogP contribution in [-0.4, -0.2) is 72.8 Å². The van der Waals surface area contributed by atoms with Crippen molar-refractivity contribution in [3.63, 3.8) is 0 Å². The number of rotatable bonds is 7. The number of nitrogens with one attached hydrogen (secondary N) is 1. The Morgan fingerprint density at radius 3 is 2.14 bits per heavy atom. The second kappa shape index (κ2) is 15.7. The van der Waals surface area contributed by atoms with Gasteiger partial charge in [0, 0.05) is 37.8 Å². The Kier molecular flexibility index (Phi) is 12.7. The molecule has 2 saturated heterocycles. The first-order valence-corrected chi connectivity index (χ1v) is 15.7. The second-order valence-corrected chi connectivity index (χ2v) is 11.9. The number of hydrogen-bond donors (Lipinski definition) is 2. The summed E-state index contributed by atoms with van der Waals surface area (Å²) in [5.41, 5.74) is 5.78. The zero-order valence-corrected chi connectivity index (χ0v) is 26.1. The SMILES string of the molecule is CC.CC(N)=O.CC1CCCN1C(=O)c1ccc(C2=CNC(OCC3CCN(CC4(C(F)(F)F)CCC4)CC3)C=C2)cc1. The molecule has 0 radical (unpaired) electrons. The van der Waals surface area contributed by atoms with E-state index in [9.17, 15) is 22.8 Å². The minimum Gasteiger partial charge on any atom is -0.370 e. The monoisotopic (exact) mass is 606 g/mol. The van der Waals surface area contributed by atoms with Crippen molar-refractivity contribution in [2.75, 3.05) is 32.8 Å². The summed E-state index contributed by atoms with van der Waals surface area (Å²) in [4.78, 5) is 25.9. The van der Waals surface area contributed by atoms with Gasteiger partial charge in [-0.2, -0.15) is 13.2 Å². The van der Waals surface area contributed by atoms with E-state index in [-0.39, 0.29) is 37.4 Å². The molecule has 0 aromatic heterocycles. The third kappa shape index (κ3) is 9.32. The van der Waals surface area contributed by atoms with E-state index in [2.05, 4.69) is 18.0 Å². The molecule has 5 rings (SSSR count). The number of amides is 2. The lowest BCUT2D eigenvalue weighted by atomic mass is 9.67. The number of nitrogens with zero attached hydrogens (tertiary/aromatic N) is 2. The fraction of sp³-hybridized carbons (Fsp3) is 0.636. The highest BCUT2D eigenvalue weighted by Crippen LogP contribution is 2.53. The van der Waals surface area contributed by atoms with Crippen LogP contribution in [0.15, 0.2) is 42.6 Å². The molecule has 1 aliphatic carbocycles. The first-order chi connectivity index (χ1) is 20.5.